The molecule has 0 aliphatic carbocycles. The molecular formula is C20H23N3O7. The van der Waals surface area contributed by atoms with Gasteiger partial charge in [-0.25, -0.2) is 9.80 Å². The van der Waals surface area contributed by atoms with Gasteiger partial charge in [0.1, 0.15) is 5.92 Å². The lowest BCUT2D eigenvalue weighted by Gasteiger charge is -2.36. The van der Waals surface area contributed by atoms with Gasteiger partial charge in [0, 0.05) is 25.1 Å². The third-order valence-electron chi connectivity index (χ3n) is 5.11. The Hall–Kier alpha value is -3.27. The molecule has 2 aliphatic rings. The van der Waals surface area contributed by atoms with Crippen LogP contribution in [0, 0.1) is 16.0 Å². The summed E-state index contributed by atoms with van der Waals surface area (Å²) in [5, 5.41) is 14.3. The second kappa shape index (κ2) is 9.04. The molecule has 2 heterocycles. The highest BCUT2D eigenvalue weighted by Gasteiger charge is 2.47. The van der Waals surface area contributed by atoms with Crippen molar-refractivity contribution in [2.24, 2.45) is 5.92 Å². The van der Waals surface area contributed by atoms with Gasteiger partial charge in [0.05, 0.1) is 36.3 Å². The van der Waals surface area contributed by atoms with Gasteiger partial charge in [0.25, 0.3) is 5.69 Å². The zero-order valence-electron chi connectivity index (χ0n) is 16.8. The van der Waals surface area contributed by atoms with Crippen molar-refractivity contribution in [1.29, 1.82) is 0 Å². The molecule has 160 valence electrons. The topological polar surface area (TPSA) is 119 Å². The van der Waals surface area contributed by atoms with Crippen LogP contribution in [0.1, 0.15) is 31.9 Å². The quantitative estimate of drug-likeness (QED) is 0.390. The third kappa shape index (κ3) is 4.04. The van der Waals surface area contributed by atoms with Crippen molar-refractivity contribution < 1.29 is 28.8 Å². The van der Waals surface area contributed by atoms with Crippen LogP contribution in [-0.4, -0.2) is 59.1 Å². The van der Waals surface area contributed by atoms with Crippen LogP contribution in [-0.2, 0) is 23.9 Å². The molecule has 10 nitrogen and oxygen atoms in total. The van der Waals surface area contributed by atoms with Crippen molar-refractivity contribution in [3.05, 3.63) is 51.6 Å². The lowest BCUT2D eigenvalue weighted by atomic mass is 9.86. The van der Waals surface area contributed by atoms with Crippen molar-refractivity contribution in [3.8, 4) is 0 Å². The first-order valence-electron chi connectivity index (χ1n) is 9.74. The molecule has 1 fully saturated rings. The smallest absolute Gasteiger partial charge is 0.334 e. The summed E-state index contributed by atoms with van der Waals surface area (Å²) >= 11 is 0. The largest absolute Gasteiger partial charge is 0.465 e. The minimum absolute atomic E-state index is 0.101. The molecule has 0 N–H and O–H groups in total. The number of hydrogen-bond acceptors (Lipinski definition) is 8. The lowest BCUT2D eigenvalue weighted by molar-refractivity contribution is -0.384. The molecule has 3 rings (SSSR count). The lowest BCUT2D eigenvalue weighted by Crippen LogP contribution is -2.44. The number of nitro benzene ring substituents is 1. The molecule has 30 heavy (non-hydrogen) atoms. The highest BCUT2D eigenvalue weighted by atomic mass is 16.6. The van der Waals surface area contributed by atoms with Crippen LogP contribution in [0.3, 0.4) is 0 Å². The summed E-state index contributed by atoms with van der Waals surface area (Å²) in [7, 11) is 0. The van der Waals surface area contributed by atoms with Crippen LogP contribution >= 0.6 is 0 Å². The first kappa shape index (κ1) is 21.4. The Kier molecular flexibility index (Phi) is 6.46. The van der Waals surface area contributed by atoms with Crippen LogP contribution in [0.5, 0.6) is 0 Å². The van der Waals surface area contributed by atoms with Crippen molar-refractivity contribution in [3.63, 3.8) is 0 Å². The number of amides is 1. The Balaban J connectivity index is 2.13. The van der Waals surface area contributed by atoms with Crippen molar-refractivity contribution in [2.45, 2.75) is 26.3 Å². The van der Waals surface area contributed by atoms with Gasteiger partial charge in [0.2, 0.25) is 5.91 Å². The highest BCUT2D eigenvalue weighted by molar-refractivity contribution is 5.96. The van der Waals surface area contributed by atoms with Gasteiger partial charge in [-0.2, -0.15) is 0 Å². The van der Waals surface area contributed by atoms with Crippen LogP contribution in [0.4, 0.5) is 5.69 Å². The number of non-ortho nitro benzene ring substituents is 1. The van der Waals surface area contributed by atoms with E-state index in [0.717, 1.165) is 0 Å². The molecule has 1 amide bonds. The fourth-order valence-corrected chi connectivity index (χ4v) is 3.82. The Morgan fingerprint density at radius 1 is 1.17 bits per heavy atom. The van der Waals surface area contributed by atoms with Crippen molar-refractivity contribution in [1.82, 2.24) is 10.0 Å². The summed E-state index contributed by atoms with van der Waals surface area (Å²) in [6.07, 6.45) is 1.79. The number of nitrogens with zero attached hydrogens (tertiary/aromatic N) is 3. The number of ether oxygens (including phenoxy) is 2. The van der Waals surface area contributed by atoms with E-state index in [1.165, 1.54) is 35.4 Å². The Morgan fingerprint density at radius 2 is 1.83 bits per heavy atom. The maximum Gasteiger partial charge on any atom is 0.334 e. The van der Waals surface area contributed by atoms with Gasteiger partial charge >= 0.3 is 11.9 Å². The number of benzene rings is 1. The minimum atomic E-state index is -1.05. The maximum absolute atomic E-state index is 13.0. The summed E-state index contributed by atoms with van der Waals surface area (Å²) in [6, 6.07) is 4.97. The van der Waals surface area contributed by atoms with Gasteiger partial charge in [-0.15, -0.1) is 0 Å². The summed E-state index contributed by atoms with van der Waals surface area (Å²) in [5.41, 5.74) is 0.562. The summed E-state index contributed by atoms with van der Waals surface area (Å²) < 4.78 is 10.4. The van der Waals surface area contributed by atoms with E-state index in [2.05, 4.69) is 0 Å². The molecule has 0 aromatic heterocycles. The summed E-state index contributed by atoms with van der Waals surface area (Å²) in [4.78, 5) is 48.6. The van der Waals surface area contributed by atoms with Crippen LogP contribution in [0.25, 0.3) is 0 Å². The Labute approximate surface area is 173 Å². The van der Waals surface area contributed by atoms with Crippen LogP contribution in [0.2, 0.25) is 0 Å². The highest BCUT2D eigenvalue weighted by Crippen LogP contribution is 2.40. The molecule has 2 atom stereocenters. The van der Waals surface area contributed by atoms with E-state index in [4.69, 9.17) is 9.47 Å². The van der Waals surface area contributed by atoms with E-state index in [9.17, 15) is 24.5 Å². The number of fused-ring (bicyclic) bond motifs is 1. The maximum atomic E-state index is 13.0. The fourth-order valence-electron chi connectivity index (χ4n) is 3.82. The Bertz CT molecular complexity index is 881. The van der Waals surface area contributed by atoms with Crippen molar-refractivity contribution >= 4 is 23.5 Å². The predicted molar refractivity (Wildman–Crippen MR) is 104 cm³/mol. The second-order valence-electron chi connectivity index (χ2n) is 6.79. The number of rotatable bonds is 6. The van der Waals surface area contributed by atoms with Crippen LogP contribution in [0.15, 0.2) is 35.9 Å². The first-order valence-corrected chi connectivity index (χ1v) is 9.74. The van der Waals surface area contributed by atoms with E-state index in [1.807, 2.05) is 0 Å². The van der Waals surface area contributed by atoms with Crippen molar-refractivity contribution in [2.75, 3.05) is 26.3 Å². The van der Waals surface area contributed by atoms with E-state index >= 15 is 0 Å². The van der Waals surface area contributed by atoms with E-state index < -0.39 is 28.8 Å². The second-order valence-corrected chi connectivity index (χ2v) is 6.79. The normalized spacial score (nSPS) is 21.5. The zero-order chi connectivity index (χ0) is 21.8. The predicted octanol–water partition coefficient (Wildman–Crippen LogP) is 1.77. The minimum Gasteiger partial charge on any atom is -0.465 e. The number of nitro groups is 1. The van der Waals surface area contributed by atoms with Gasteiger partial charge in [-0.1, -0.05) is 18.2 Å². The number of carbonyl (C=O) groups excluding carboxylic acids is 3. The molecule has 0 radical (unpaired) electrons. The molecular weight excluding hydrogens is 394 g/mol. The molecule has 1 saturated heterocycles. The average molecular weight is 417 g/mol. The first-order chi connectivity index (χ1) is 14.4. The number of hydrogen-bond donors (Lipinski definition) is 0. The molecule has 0 bridgehead atoms. The van der Waals surface area contributed by atoms with Gasteiger partial charge < -0.3 is 9.47 Å². The summed E-state index contributed by atoms with van der Waals surface area (Å²) in [5.74, 6) is -2.47. The van der Waals surface area contributed by atoms with Gasteiger partial charge in [-0.05, 0) is 19.4 Å². The molecule has 0 spiro atoms. The molecule has 1 aromatic rings. The summed E-state index contributed by atoms with van der Waals surface area (Å²) in [6.45, 7) is 4.02. The molecule has 2 aliphatic heterocycles. The van der Waals surface area contributed by atoms with Gasteiger partial charge in [0.15, 0.2) is 0 Å². The zero-order valence-corrected chi connectivity index (χ0v) is 16.8. The van der Waals surface area contributed by atoms with E-state index in [0.29, 0.717) is 12.1 Å². The average Bonchev–Trinajstić information content (AvgIpc) is 2.98. The third-order valence-corrected chi connectivity index (χ3v) is 5.11. The standard InChI is InChI=1S/C20H23N3O7/c1-3-29-19(25)15-9-11-21-16(24)10-12-22(21)18(17(15)20(26)30-4-2)13-5-7-14(8-6-13)23(27)28/h5-9,17-18H,3-4,10-12H2,1-2H3/t17-,18+/m0/s1. The molecule has 0 unspecified atom stereocenters. The molecule has 10 heteroatoms. The number of hydrazine groups is 1. The van der Waals surface area contributed by atoms with Crippen LogP contribution < -0.4 is 0 Å². The number of esters is 2. The van der Waals surface area contributed by atoms with E-state index in [-0.39, 0.29) is 43.3 Å². The Morgan fingerprint density at radius 3 is 2.43 bits per heavy atom. The van der Waals surface area contributed by atoms with Gasteiger partial charge in [-0.3, -0.25) is 24.7 Å². The number of carbonyl (C=O) groups is 3. The fraction of sp³-hybridized carbons (Fsp3) is 0.450. The monoisotopic (exact) mass is 417 g/mol. The van der Waals surface area contributed by atoms with E-state index in [1.54, 1.807) is 18.9 Å². The molecule has 1 aromatic carbocycles. The SMILES string of the molecule is CCOC(=O)C1=CCN2C(=O)CCN2[C@H](c2ccc([N+](=O)[O-])cc2)[C@H]1C(=O)OCC. The molecule has 0 saturated carbocycles.